The number of carbonyl (C=O) groups is 1. The number of nitrogens with one attached hydrogen (secondary N) is 2. The minimum atomic E-state index is -0.313. The van der Waals surface area contributed by atoms with Crippen molar-refractivity contribution in [2.45, 2.75) is 43.6 Å². The average Bonchev–Trinajstić information content (AvgIpc) is 3.10. The van der Waals surface area contributed by atoms with Crippen LogP contribution in [0.25, 0.3) is 0 Å². The van der Waals surface area contributed by atoms with Gasteiger partial charge in [-0.1, -0.05) is 40.9 Å². The van der Waals surface area contributed by atoms with Gasteiger partial charge in [0.2, 0.25) is 5.91 Å². The van der Waals surface area contributed by atoms with Gasteiger partial charge in [0.05, 0.1) is 5.41 Å². The van der Waals surface area contributed by atoms with Crippen LogP contribution in [-0.2, 0) is 10.2 Å². The van der Waals surface area contributed by atoms with Gasteiger partial charge in [-0.2, -0.15) is 0 Å². The fourth-order valence-electron chi connectivity index (χ4n) is 3.51. The van der Waals surface area contributed by atoms with Crippen LogP contribution in [0.3, 0.4) is 0 Å². The molecular weight excluding hydrogens is 316 g/mol. The van der Waals surface area contributed by atoms with Gasteiger partial charge >= 0.3 is 0 Å². The van der Waals surface area contributed by atoms with Crippen molar-refractivity contribution in [3.8, 4) is 0 Å². The summed E-state index contributed by atoms with van der Waals surface area (Å²) in [6, 6.07) is 8.56. The molecule has 3 rings (SSSR count). The van der Waals surface area contributed by atoms with Crippen LogP contribution in [-0.4, -0.2) is 25.0 Å². The van der Waals surface area contributed by atoms with E-state index < -0.39 is 0 Å². The number of amides is 1. The zero-order chi connectivity index (χ0) is 14.0. The summed E-state index contributed by atoms with van der Waals surface area (Å²) in [6.45, 7) is 1.91. The van der Waals surface area contributed by atoms with E-state index in [1.54, 1.807) is 0 Å². The molecular formula is C16H21BrN2O. The molecule has 4 heteroatoms. The van der Waals surface area contributed by atoms with Gasteiger partial charge in [0.1, 0.15) is 0 Å². The van der Waals surface area contributed by atoms with E-state index in [1.165, 1.54) is 0 Å². The first-order valence-corrected chi connectivity index (χ1v) is 8.28. The maximum Gasteiger partial charge on any atom is 0.230 e. The molecule has 1 saturated heterocycles. The van der Waals surface area contributed by atoms with Crippen LogP contribution in [0, 0.1) is 0 Å². The van der Waals surface area contributed by atoms with E-state index in [-0.39, 0.29) is 11.3 Å². The van der Waals surface area contributed by atoms with Crippen LogP contribution in [0.4, 0.5) is 0 Å². The lowest BCUT2D eigenvalue weighted by atomic mass is 9.78. The fraction of sp³-hybridized carbons (Fsp3) is 0.562. The highest BCUT2D eigenvalue weighted by Crippen LogP contribution is 2.42. The topological polar surface area (TPSA) is 41.1 Å². The number of carbonyl (C=O) groups excluding carboxylic acids is 1. The highest BCUT2D eigenvalue weighted by Gasteiger charge is 2.43. The standard InChI is InChI=1S/C16H21BrN2O/c17-13-5-3-4-12(10-13)16(7-1-2-8-16)15(20)19-14-6-9-18-11-14/h3-5,10,14,18H,1-2,6-9,11H2,(H,19,20). The molecule has 3 nitrogen and oxygen atoms in total. The van der Waals surface area contributed by atoms with Gasteiger partial charge in [0.15, 0.2) is 0 Å². The maximum atomic E-state index is 12.9. The summed E-state index contributed by atoms with van der Waals surface area (Å²) in [4.78, 5) is 12.9. The molecule has 1 aromatic carbocycles. The molecule has 0 radical (unpaired) electrons. The summed E-state index contributed by atoms with van der Waals surface area (Å²) in [5.41, 5.74) is 0.847. The predicted molar refractivity (Wildman–Crippen MR) is 83.7 cm³/mol. The number of hydrogen-bond donors (Lipinski definition) is 2. The molecule has 1 unspecified atom stereocenters. The second-order valence-corrected chi connectivity index (χ2v) is 6.88. The molecule has 1 atom stereocenters. The van der Waals surface area contributed by atoms with Crippen molar-refractivity contribution in [1.82, 2.24) is 10.6 Å². The van der Waals surface area contributed by atoms with E-state index in [1.807, 2.05) is 12.1 Å². The van der Waals surface area contributed by atoms with Gasteiger partial charge in [0, 0.05) is 17.1 Å². The van der Waals surface area contributed by atoms with E-state index in [2.05, 4.69) is 38.7 Å². The van der Waals surface area contributed by atoms with E-state index in [0.29, 0.717) is 6.04 Å². The molecule has 2 N–H and O–H groups in total. The minimum Gasteiger partial charge on any atom is -0.351 e. The lowest BCUT2D eigenvalue weighted by Crippen LogP contribution is -2.47. The van der Waals surface area contributed by atoms with Crippen molar-refractivity contribution < 1.29 is 4.79 Å². The van der Waals surface area contributed by atoms with Crippen molar-refractivity contribution in [3.05, 3.63) is 34.3 Å². The minimum absolute atomic E-state index is 0.224. The van der Waals surface area contributed by atoms with Gasteiger partial charge in [-0.25, -0.2) is 0 Å². The van der Waals surface area contributed by atoms with E-state index >= 15 is 0 Å². The Morgan fingerprint density at radius 3 is 2.80 bits per heavy atom. The Balaban J connectivity index is 1.85. The summed E-state index contributed by atoms with van der Waals surface area (Å²) in [6.07, 6.45) is 5.26. The zero-order valence-electron chi connectivity index (χ0n) is 11.6. The van der Waals surface area contributed by atoms with Gasteiger partial charge in [0.25, 0.3) is 0 Å². The van der Waals surface area contributed by atoms with Crippen molar-refractivity contribution in [1.29, 1.82) is 0 Å². The van der Waals surface area contributed by atoms with E-state index in [4.69, 9.17) is 0 Å². The monoisotopic (exact) mass is 336 g/mol. The zero-order valence-corrected chi connectivity index (χ0v) is 13.2. The molecule has 0 aromatic heterocycles. The van der Waals surface area contributed by atoms with Crippen molar-refractivity contribution in [2.75, 3.05) is 13.1 Å². The third-order valence-electron chi connectivity index (χ3n) is 4.66. The fourth-order valence-corrected chi connectivity index (χ4v) is 3.91. The quantitative estimate of drug-likeness (QED) is 0.891. The lowest BCUT2D eigenvalue weighted by molar-refractivity contribution is -0.127. The summed E-state index contributed by atoms with van der Waals surface area (Å²) in [5, 5.41) is 6.57. The number of benzene rings is 1. The molecule has 1 amide bonds. The smallest absolute Gasteiger partial charge is 0.230 e. The highest BCUT2D eigenvalue weighted by molar-refractivity contribution is 9.10. The van der Waals surface area contributed by atoms with Gasteiger partial charge in [-0.05, 0) is 43.5 Å². The number of rotatable bonds is 3. The number of hydrogen-bond acceptors (Lipinski definition) is 2. The van der Waals surface area contributed by atoms with Gasteiger partial charge < -0.3 is 10.6 Å². The van der Waals surface area contributed by atoms with Crippen LogP contribution in [0.2, 0.25) is 0 Å². The van der Waals surface area contributed by atoms with E-state index in [9.17, 15) is 4.79 Å². The molecule has 1 aliphatic carbocycles. The molecule has 1 aliphatic heterocycles. The van der Waals surface area contributed by atoms with Crippen LogP contribution in [0.5, 0.6) is 0 Å². The molecule has 2 fully saturated rings. The summed E-state index contributed by atoms with van der Waals surface area (Å²) in [7, 11) is 0. The van der Waals surface area contributed by atoms with Crippen LogP contribution >= 0.6 is 15.9 Å². The van der Waals surface area contributed by atoms with Gasteiger partial charge in [-0.3, -0.25) is 4.79 Å². The average molecular weight is 337 g/mol. The molecule has 0 spiro atoms. The van der Waals surface area contributed by atoms with Crippen LogP contribution < -0.4 is 10.6 Å². The Kier molecular flexibility index (Phi) is 4.13. The molecule has 0 bridgehead atoms. The third-order valence-corrected chi connectivity index (χ3v) is 5.16. The Morgan fingerprint density at radius 1 is 1.35 bits per heavy atom. The first kappa shape index (κ1) is 14.1. The van der Waals surface area contributed by atoms with E-state index in [0.717, 1.165) is 55.2 Å². The highest BCUT2D eigenvalue weighted by atomic mass is 79.9. The van der Waals surface area contributed by atoms with Crippen LogP contribution in [0.15, 0.2) is 28.7 Å². The Labute approximate surface area is 128 Å². The summed E-state index contributed by atoms with van der Waals surface area (Å²) < 4.78 is 1.05. The first-order valence-electron chi connectivity index (χ1n) is 7.48. The Morgan fingerprint density at radius 2 is 2.15 bits per heavy atom. The van der Waals surface area contributed by atoms with Crippen molar-refractivity contribution >= 4 is 21.8 Å². The largest absolute Gasteiger partial charge is 0.351 e. The second-order valence-electron chi connectivity index (χ2n) is 5.96. The molecule has 2 aliphatic rings. The summed E-state index contributed by atoms with van der Waals surface area (Å²) in [5.74, 6) is 0.224. The Hall–Kier alpha value is -0.870. The van der Waals surface area contributed by atoms with Gasteiger partial charge in [-0.15, -0.1) is 0 Å². The second kappa shape index (κ2) is 5.86. The first-order chi connectivity index (χ1) is 9.71. The Bertz CT molecular complexity index is 491. The third kappa shape index (κ3) is 2.63. The molecule has 108 valence electrons. The SMILES string of the molecule is O=C(NC1CCNC1)C1(c2cccc(Br)c2)CCCC1. The summed E-state index contributed by atoms with van der Waals surface area (Å²) >= 11 is 3.53. The molecule has 1 saturated carbocycles. The predicted octanol–water partition coefficient (Wildman–Crippen LogP) is 2.74. The number of halogens is 1. The van der Waals surface area contributed by atoms with Crippen molar-refractivity contribution in [3.63, 3.8) is 0 Å². The molecule has 1 aromatic rings. The normalized spacial score (nSPS) is 24.8. The maximum absolute atomic E-state index is 12.9. The van der Waals surface area contributed by atoms with Crippen molar-refractivity contribution in [2.24, 2.45) is 0 Å². The van der Waals surface area contributed by atoms with Crippen LogP contribution in [0.1, 0.15) is 37.7 Å². The molecule has 20 heavy (non-hydrogen) atoms. The molecule has 1 heterocycles. The lowest BCUT2D eigenvalue weighted by Gasteiger charge is -2.30.